The summed E-state index contributed by atoms with van der Waals surface area (Å²) < 4.78 is 10.3. The molecule has 0 atom stereocenters. The molecule has 3 aromatic carbocycles. The molecule has 142 valence electrons. The number of non-ortho nitro benzene ring substituents is 1. The zero-order valence-electron chi connectivity index (χ0n) is 14.7. The number of hydrogen-bond donors (Lipinski definition) is 1. The maximum atomic E-state index is 11.8. The van der Waals surface area contributed by atoms with Crippen LogP contribution in [-0.2, 0) is 14.3 Å². The van der Waals surface area contributed by atoms with Gasteiger partial charge in [-0.05, 0) is 35.0 Å². The van der Waals surface area contributed by atoms with Gasteiger partial charge in [0.05, 0.1) is 4.92 Å². The Kier molecular flexibility index (Phi) is 5.81. The first-order valence-corrected chi connectivity index (χ1v) is 8.33. The molecule has 0 aliphatic rings. The molecule has 0 radical (unpaired) electrons. The predicted molar refractivity (Wildman–Crippen MR) is 102 cm³/mol. The summed E-state index contributed by atoms with van der Waals surface area (Å²) in [5.74, 6) is -0.731. The SMILES string of the molecule is O=C(COC(=O)COc1ccc2ccccc2c1)Nc1ccc([N+](=O)[O-])cc1. The van der Waals surface area contributed by atoms with Crippen LogP contribution in [0.25, 0.3) is 10.8 Å². The van der Waals surface area contributed by atoms with Crippen LogP contribution in [0.3, 0.4) is 0 Å². The third-order valence-electron chi connectivity index (χ3n) is 3.80. The quantitative estimate of drug-likeness (QED) is 0.383. The molecule has 0 aliphatic carbocycles. The van der Waals surface area contributed by atoms with Crippen LogP contribution in [0.5, 0.6) is 5.75 Å². The minimum atomic E-state index is -0.688. The maximum absolute atomic E-state index is 11.8. The molecular weight excluding hydrogens is 364 g/mol. The lowest BCUT2D eigenvalue weighted by atomic mass is 10.1. The highest BCUT2D eigenvalue weighted by atomic mass is 16.6. The van der Waals surface area contributed by atoms with Crippen molar-refractivity contribution in [3.63, 3.8) is 0 Å². The Hall–Kier alpha value is -3.94. The van der Waals surface area contributed by atoms with Crippen LogP contribution in [0.15, 0.2) is 66.7 Å². The van der Waals surface area contributed by atoms with Crippen molar-refractivity contribution in [2.24, 2.45) is 0 Å². The fourth-order valence-electron chi connectivity index (χ4n) is 2.45. The molecule has 0 unspecified atom stereocenters. The van der Waals surface area contributed by atoms with Gasteiger partial charge < -0.3 is 14.8 Å². The summed E-state index contributed by atoms with van der Waals surface area (Å²) in [5.41, 5.74) is 0.273. The van der Waals surface area contributed by atoms with E-state index in [1.165, 1.54) is 24.3 Å². The number of carbonyl (C=O) groups excluding carboxylic acids is 2. The lowest BCUT2D eigenvalue weighted by molar-refractivity contribution is -0.384. The third kappa shape index (κ3) is 5.04. The number of rotatable bonds is 7. The van der Waals surface area contributed by atoms with Gasteiger partial charge in [-0.15, -0.1) is 0 Å². The van der Waals surface area contributed by atoms with Crippen molar-refractivity contribution in [1.82, 2.24) is 0 Å². The van der Waals surface area contributed by atoms with Crippen LogP contribution >= 0.6 is 0 Å². The Morgan fingerprint density at radius 3 is 2.36 bits per heavy atom. The number of fused-ring (bicyclic) bond motifs is 1. The molecule has 0 aromatic heterocycles. The second-order valence-electron chi connectivity index (χ2n) is 5.81. The Balaban J connectivity index is 1.44. The maximum Gasteiger partial charge on any atom is 0.344 e. The molecule has 1 N–H and O–H groups in total. The van der Waals surface area contributed by atoms with Gasteiger partial charge in [0.2, 0.25) is 0 Å². The smallest absolute Gasteiger partial charge is 0.344 e. The number of nitro groups is 1. The van der Waals surface area contributed by atoms with E-state index in [4.69, 9.17) is 9.47 Å². The van der Waals surface area contributed by atoms with Gasteiger partial charge in [-0.1, -0.05) is 30.3 Å². The monoisotopic (exact) mass is 380 g/mol. The first kappa shape index (κ1) is 18.8. The topological polar surface area (TPSA) is 108 Å². The van der Waals surface area contributed by atoms with Gasteiger partial charge >= 0.3 is 5.97 Å². The number of ether oxygens (including phenoxy) is 2. The highest BCUT2D eigenvalue weighted by Crippen LogP contribution is 2.20. The number of hydrogen-bond acceptors (Lipinski definition) is 6. The summed E-state index contributed by atoms with van der Waals surface area (Å²) >= 11 is 0. The molecule has 1 amide bonds. The van der Waals surface area contributed by atoms with E-state index < -0.39 is 23.4 Å². The number of nitro benzene ring substituents is 1. The van der Waals surface area contributed by atoms with E-state index in [9.17, 15) is 19.7 Å². The van der Waals surface area contributed by atoms with Gasteiger partial charge in [0.1, 0.15) is 5.75 Å². The van der Waals surface area contributed by atoms with Gasteiger partial charge in [0.15, 0.2) is 13.2 Å². The van der Waals surface area contributed by atoms with Crippen molar-refractivity contribution in [2.75, 3.05) is 18.5 Å². The van der Waals surface area contributed by atoms with Crippen LogP contribution in [0.4, 0.5) is 11.4 Å². The number of esters is 1. The molecule has 0 saturated carbocycles. The molecule has 3 rings (SSSR count). The Morgan fingerprint density at radius 2 is 1.64 bits per heavy atom. The van der Waals surface area contributed by atoms with E-state index in [1.54, 1.807) is 6.07 Å². The van der Waals surface area contributed by atoms with Crippen LogP contribution in [0.1, 0.15) is 0 Å². The van der Waals surface area contributed by atoms with E-state index in [0.717, 1.165) is 10.8 Å². The van der Waals surface area contributed by atoms with Gasteiger partial charge in [0.25, 0.3) is 11.6 Å². The standard InChI is InChI=1S/C20H16N2O6/c23-19(21-16-6-8-17(9-7-16)22(25)26)12-28-20(24)13-27-18-10-5-14-3-1-2-4-15(14)11-18/h1-11H,12-13H2,(H,21,23). The summed E-state index contributed by atoms with van der Waals surface area (Å²) in [5, 5.41) is 15.1. The third-order valence-corrected chi connectivity index (χ3v) is 3.80. The molecule has 0 fully saturated rings. The number of carbonyl (C=O) groups is 2. The van der Waals surface area contributed by atoms with Crippen molar-refractivity contribution in [1.29, 1.82) is 0 Å². The van der Waals surface area contributed by atoms with Crippen LogP contribution in [-0.4, -0.2) is 30.0 Å². The summed E-state index contributed by atoms with van der Waals surface area (Å²) in [4.78, 5) is 33.6. The van der Waals surface area contributed by atoms with Gasteiger partial charge in [0, 0.05) is 17.8 Å². The minimum Gasteiger partial charge on any atom is -0.482 e. The average Bonchev–Trinajstić information content (AvgIpc) is 2.71. The molecule has 8 heteroatoms. The lowest BCUT2D eigenvalue weighted by Crippen LogP contribution is -2.23. The summed E-state index contributed by atoms with van der Waals surface area (Å²) in [6.07, 6.45) is 0. The molecular formula is C20H16N2O6. The fraction of sp³-hybridized carbons (Fsp3) is 0.100. The van der Waals surface area contributed by atoms with Gasteiger partial charge in [-0.3, -0.25) is 14.9 Å². The summed E-state index contributed by atoms with van der Waals surface area (Å²) in [7, 11) is 0. The normalized spacial score (nSPS) is 10.3. The van der Waals surface area contributed by atoms with E-state index in [0.29, 0.717) is 11.4 Å². The van der Waals surface area contributed by atoms with Crippen molar-refractivity contribution < 1.29 is 24.0 Å². The minimum absolute atomic E-state index is 0.0877. The van der Waals surface area contributed by atoms with Crippen molar-refractivity contribution in [3.05, 3.63) is 76.8 Å². The average molecular weight is 380 g/mol. The van der Waals surface area contributed by atoms with Crippen molar-refractivity contribution >= 4 is 34.0 Å². The highest BCUT2D eigenvalue weighted by molar-refractivity contribution is 5.93. The van der Waals surface area contributed by atoms with E-state index in [1.807, 2.05) is 36.4 Å². The molecule has 0 saturated heterocycles. The molecule has 3 aromatic rings. The molecule has 28 heavy (non-hydrogen) atoms. The van der Waals surface area contributed by atoms with Crippen LogP contribution in [0.2, 0.25) is 0 Å². The number of nitrogens with one attached hydrogen (secondary N) is 1. The lowest BCUT2D eigenvalue weighted by Gasteiger charge is -2.08. The zero-order chi connectivity index (χ0) is 19.9. The summed E-state index contributed by atoms with van der Waals surface area (Å²) in [6, 6.07) is 18.5. The molecule has 0 aliphatic heterocycles. The first-order chi connectivity index (χ1) is 13.5. The Morgan fingerprint density at radius 1 is 0.929 bits per heavy atom. The number of benzene rings is 3. The Bertz CT molecular complexity index is 1020. The number of amides is 1. The largest absolute Gasteiger partial charge is 0.482 e. The number of nitrogens with zero attached hydrogens (tertiary/aromatic N) is 1. The second kappa shape index (κ2) is 8.63. The first-order valence-electron chi connectivity index (χ1n) is 8.33. The Labute approximate surface area is 159 Å². The summed E-state index contributed by atoms with van der Waals surface area (Å²) in [6.45, 7) is -0.819. The molecule has 0 bridgehead atoms. The van der Waals surface area contributed by atoms with Gasteiger partial charge in [-0.25, -0.2) is 4.79 Å². The van der Waals surface area contributed by atoms with E-state index in [2.05, 4.69) is 5.32 Å². The molecule has 0 heterocycles. The van der Waals surface area contributed by atoms with Crippen LogP contribution < -0.4 is 10.1 Å². The fourth-order valence-corrected chi connectivity index (χ4v) is 2.45. The van der Waals surface area contributed by atoms with Crippen molar-refractivity contribution in [3.8, 4) is 5.75 Å². The van der Waals surface area contributed by atoms with Crippen molar-refractivity contribution in [2.45, 2.75) is 0 Å². The van der Waals surface area contributed by atoms with Gasteiger partial charge in [-0.2, -0.15) is 0 Å². The van der Waals surface area contributed by atoms with Crippen LogP contribution in [0, 0.1) is 10.1 Å². The van der Waals surface area contributed by atoms with E-state index in [-0.39, 0.29) is 12.3 Å². The zero-order valence-corrected chi connectivity index (χ0v) is 14.7. The number of anilines is 1. The second-order valence-corrected chi connectivity index (χ2v) is 5.81. The predicted octanol–water partition coefficient (Wildman–Crippen LogP) is 3.31. The molecule has 8 nitrogen and oxygen atoms in total. The van der Waals surface area contributed by atoms with E-state index >= 15 is 0 Å². The molecule has 0 spiro atoms. The highest BCUT2D eigenvalue weighted by Gasteiger charge is 2.10.